The molecule has 0 saturated heterocycles. The highest BCUT2D eigenvalue weighted by Gasteiger charge is 2.21. The minimum atomic E-state index is -0.0611. The van der Waals surface area contributed by atoms with Crippen molar-refractivity contribution in [1.82, 2.24) is 5.32 Å². The summed E-state index contributed by atoms with van der Waals surface area (Å²) < 4.78 is 0. The van der Waals surface area contributed by atoms with Crippen molar-refractivity contribution in [3.63, 3.8) is 0 Å². The van der Waals surface area contributed by atoms with Crippen molar-refractivity contribution in [2.45, 2.75) is 38.2 Å². The van der Waals surface area contributed by atoms with Crippen LogP contribution in [0.4, 0.5) is 0 Å². The zero-order valence-corrected chi connectivity index (χ0v) is 7.33. The number of carbonyl (C=O) groups is 1. The Kier molecular flexibility index (Phi) is 4.08. The first-order valence-electron chi connectivity index (χ1n) is 4.68. The smallest absolute Gasteiger partial charge is 0.207 e. The SMILES string of the molecule is O=CNCCC[C@H]1CCC(O)C1. The van der Waals surface area contributed by atoms with Gasteiger partial charge in [0, 0.05) is 6.54 Å². The van der Waals surface area contributed by atoms with Gasteiger partial charge in [-0.05, 0) is 38.0 Å². The second kappa shape index (κ2) is 5.14. The summed E-state index contributed by atoms with van der Waals surface area (Å²) in [5, 5.41) is 11.9. The normalized spacial score (nSPS) is 28.8. The molecule has 0 heterocycles. The Labute approximate surface area is 73.2 Å². The van der Waals surface area contributed by atoms with Crippen molar-refractivity contribution >= 4 is 6.41 Å². The van der Waals surface area contributed by atoms with E-state index >= 15 is 0 Å². The van der Waals surface area contributed by atoms with Crippen LogP contribution in [0.25, 0.3) is 0 Å². The molecule has 3 nitrogen and oxygen atoms in total. The highest BCUT2D eigenvalue weighted by Crippen LogP contribution is 2.28. The number of aliphatic hydroxyl groups is 1. The van der Waals surface area contributed by atoms with Crippen LogP contribution in [0.3, 0.4) is 0 Å². The second-order valence-electron chi connectivity index (χ2n) is 3.55. The van der Waals surface area contributed by atoms with Crippen LogP contribution in [0.1, 0.15) is 32.1 Å². The van der Waals surface area contributed by atoms with Crippen LogP contribution in [0.2, 0.25) is 0 Å². The van der Waals surface area contributed by atoms with Gasteiger partial charge in [0.05, 0.1) is 6.10 Å². The molecular formula is C9H17NO2. The standard InChI is InChI=1S/C9H17NO2/c11-7-10-5-1-2-8-3-4-9(12)6-8/h7-9,12H,1-6H2,(H,10,11)/t8-,9?/m0/s1. The van der Waals surface area contributed by atoms with Gasteiger partial charge < -0.3 is 10.4 Å². The van der Waals surface area contributed by atoms with E-state index in [-0.39, 0.29) is 6.10 Å². The van der Waals surface area contributed by atoms with Gasteiger partial charge in [0.15, 0.2) is 0 Å². The lowest BCUT2D eigenvalue weighted by atomic mass is 10.0. The summed E-state index contributed by atoms with van der Waals surface area (Å²) in [7, 11) is 0. The summed E-state index contributed by atoms with van der Waals surface area (Å²) in [4.78, 5) is 9.90. The van der Waals surface area contributed by atoms with Crippen LogP contribution < -0.4 is 5.32 Å². The molecule has 0 spiro atoms. The maximum Gasteiger partial charge on any atom is 0.207 e. The van der Waals surface area contributed by atoms with E-state index in [0.29, 0.717) is 5.92 Å². The van der Waals surface area contributed by atoms with Gasteiger partial charge in [-0.3, -0.25) is 4.79 Å². The summed E-state index contributed by atoms with van der Waals surface area (Å²) in [6, 6.07) is 0. The quantitative estimate of drug-likeness (QED) is 0.472. The number of hydrogen-bond acceptors (Lipinski definition) is 2. The summed E-state index contributed by atoms with van der Waals surface area (Å²) in [5.74, 6) is 0.688. The Bertz CT molecular complexity index is 138. The maximum absolute atomic E-state index is 9.90. The molecule has 0 aromatic rings. The van der Waals surface area contributed by atoms with Gasteiger partial charge in [-0.2, -0.15) is 0 Å². The molecular weight excluding hydrogens is 154 g/mol. The van der Waals surface area contributed by atoms with Crippen molar-refractivity contribution in [1.29, 1.82) is 0 Å². The monoisotopic (exact) mass is 171 g/mol. The Morgan fingerprint density at radius 3 is 2.92 bits per heavy atom. The zero-order chi connectivity index (χ0) is 8.81. The molecule has 1 rings (SSSR count). The molecule has 70 valence electrons. The third-order valence-corrected chi connectivity index (χ3v) is 2.53. The van der Waals surface area contributed by atoms with E-state index in [1.165, 1.54) is 0 Å². The minimum Gasteiger partial charge on any atom is -0.393 e. The second-order valence-corrected chi connectivity index (χ2v) is 3.55. The fourth-order valence-corrected chi connectivity index (χ4v) is 1.86. The van der Waals surface area contributed by atoms with Gasteiger partial charge in [0.1, 0.15) is 0 Å². The molecule has 1 aliphatic carbocycles. The summed E-state index contributed by atoms with van der Waals surface area (Å²) in [6.45, 7) is 0.774. The summed E-state index contributed by atoms with van der Waals surface area (Å²) in [6.07, 6.45) is 5.93. The van der Waals surface area contributed by atoms with Crippen LogP contribution in [0, 0.1) is 5.92 Å². The van der Waals surface area contributed by atoms with Crippen molar-refractivity contribution in [3.8, 4) is 0 Å². The zero-order valence-electron chi connectivity index (χ0n) is 7.33. The predicted octanol–water partition coefficient (Wildman–Crippen LogP) is 0.674. The van der Waals surface area contributed by atoms with Crippen molar-refractivity contribution in [2.24, 2.45) is 5.92 Å². The highest BCUT2D eigenvalue weighted by atomic mass is 16.3. The third-order valence-electron chi connectivity index (χ3n) is 2.53. The van der Waals surface area contributed by atoms with Crippen LogP contribution >= 0.6 is 0 Å². The predicted molar refractivity (Wildman–Crippen MR) is 46.6 cm³/mol. The van der Waals surface area contributed by atoms with Crippen LogP contribution in [-0.4, -0.2) is 24.2 Å². The highest BCUT2D eigenvalue weighted by molar-refractivity contribution is 5.45. The third kappa shape index (κ3) is 3.22. The largest absolute Gasteiger partial charge is 0.393 e. The van der Waals surface area contributed by atoms with Gasteiger partial charge in [-0.15, -0.1) is 0 Å². The molecule has 0 aromatic carbocycles. The molecule has 1 amide bonds. The van der Waals surface area contributed by atoms with Crippen molar-refractivity contribution in [2.75, 3.05) is 6.54 Å². The molecule has 1 aliphatic rings. The lowest BCUT2D eigenvalue weighted by molar-refractivity contribution is -0.109. The molecule has 0 aromatic heterocycles. The van der Waals surface area contributed by atoms with Crippen LogP contribution in [-0.2, 0) is 4.79 Å². The van der Waals surface area contributed by atoms with E-state index in [2.05, 4.69) is 5.32 Å². The first-order chi connectivity index (χ1) is 5.83. The van der Waals surface area contributed by atoms with E-state index in [0.717, 1.165) is 45.1 Å². The lowest BCUT2D eigenvalue weighted by Crippen LogP contribution is -2.13. The van der Waals surface area contributed by atoms with Crippen LogP contribution in [0.15, 0.2) is 0 Å². The molecule has 2 atom stereocenters. The Hall–Kier alpha value is -0.570. The molecule has 1 fully saturated rings. The molecule has 12 heavy (non-hydrogen) atoms. The molecule has 0 aliphatic heterocycles. The Balaban J connectivity index is 1.96. The molecule has 0 radical (unpaired) electrons. The van der Waals surface area contributed by atoms with E-state index in [1.807, 2.05) is 0 Å². The number of nitrogens with one attached hydrogen (secondary N) is 1. The first-order valence-corrected chi connectivity index (χ1v) is 4.68. The van der Waals surface area contributed by atoms with Crippen molar-refractivity contribution < 1.29 is 9.90 Å². The fraction of sp³-hybridized carbons (Fsp3) is 0.889. The Morgan fingerprint density at radius 1 is 1.50 bits per heavy atom. The van der Waals surface area contributed by atoms with Crippen molar-refractivity contribution in [3.05, 3.63) is 0 Å². The van der Waals surface area contributed by atoms with E-state index in [9.17, 15) is 9.90 Å². The number of rotatable bonds is 5. The molecule has 2 N–H and O–H groups in total. The van der Waals surface area contributed by atoms with Gasteiger partial charge in [-0.1, -0.05) is 0 Å². The number of amides is 1. The minimum absolute atomic E-state index is 0.0611. The molecule has 1 saturated carbocycles. The maximum atomic E-state index is 9.90. The summed E-state index contributed by atoms with van der Waals surface area (Å²) >= 11 is 0. The number of hydrogen-bond donors (Lipinski definition) is 2. The lowest BCUT2D eigenvalue weighted by Gasteiger charge is -2.07. The average molecular weight is 171 g/mol. The molecule has 1 unspecified atom stereocenters. The van der Waals surface area contributed by atoms with Crippen LogP contribution in [0.5, 0.6) is 0 Å². The first kappa shape index (κ1) is 9.52. The van der Waals surface area contributed by atoms with E-state index in [4.69, 9.17) is 0 Å². The van der Waals surface area contributed by atoms with Gasteiger partial charge in [0.25, 0.3) is 0 Å². The van der Waals surface area contributed by atoms with E-state index in [1.54, 1.807) is 0 Å². The topological polar surface area (TPSA) is 49.3 Å². The fourth-order valence-electron chi connectivity index (χ4n) is 1.86. The number of aliphatic hydroxyl groups excluding tert-OH is 1. The number of carbonyl (C=O) groups excluding carboxylic acids is 1. The van der Waals surface area contributed by atoms with E-state index < -0.39 is 0 Å². The molecule has 0 bridgehead atoms. The Morgan fingerprint density at radius 2 is 2.33 bits per heavy atom. The van der Waals surface area contributed by atoms with Gasteiger partial charge >= 0.3 is 0 Å². The average Bonchev–Trinajstić information content (AvgIpc) is 2.45. The molecule has 3 heteroatoms. The summed E-state index contributed by atoms with van der Waals surface area (Å²) in [5.41, 5.74) is 0. The van der Waals surface area contributed by atoms with Gasteiger partial charge in [-0.25, -0.2) is 0 Å². The van der Waals surface area contributed by atoms with Gasteiger partial charge in [0.2, 0.25) is 6.41 Å².